The van der Waals surface area contributed by atoms with Crippen molar-refractivity contribution in [2.45, 2.75) is 39.3 Å². The van der Waals surface area contributed by atoms with Gasteiger partial charge in [-0.25, -0.2) is 0 Å². The molecule has 40 heavy (non-hydrogen) atoms. The van der Waals surface area contributed by atoms with Gasteiger partial charge in [-0.2, -0.15) is 0 Å². The first kappa shape index (κ1) is 27.9. The molecule has 2 aromatic carbocycles. The van der Waals surface area contributed by atoms with Gasteiger partial charge in [0.15, 0.2) is 0 Å². The van der Waals surface area contributed by atoms with E-state index >= 15 is 0 Å². The summed E-state index contributed by atoms with van der Waals surface area (Å²) in [6, 6.07) is 20.2. The molecule has 0 unspecified atom stereocenters. The summed E-state index contributed by atoms with van der Waals surface area (Å²) in [5.74, 6) is 1.15. The quantitative estimate of drug-likeness (QED) is 0.204. The molecule has 1 saturated heterocycles. The number of aromatic nitrogens is 2. The van der Waals surface area contributed by atoms with E-state index in [1.807, 2.05) is 66.1 Å². The van der Waals surface area contributed by atoms with Crippen LogP contribution < -0.4 is 10.3 Å². The standard InChI is InChI=1S/C31H37N3O5Si/c1-22-28-25(20-26(32-30(28)35)31(36)33-14-16-37-17-15-33)29(34(22)21-38-18-19-40(2,3)4)24-12-8-9-13-27(24)39-23-10-6-5-7-11-23/h5-13,20H,14-19,21H2,1-4H3,(H,32,35). The van der Waals surface area contributed by atoms with E-state index in [-0.39, 0.29) is 23.9 Å². The van der Waals surface area contributed by atoms with E-state index < -0.39 is 8.07 Å². The Hall–Kier alpha value is -3.66. The minimum atomic E-state index is -1.28. The van der Waals surface area contributed by atoms with Crippen LogP contribution in [0.3, 0.4) is 0 Å². The van der Waals surface area contributed by atoms with Gasteiger partial charge in [-0.3, -0.25) is 9.59 Å². The van der Waals surface area contributed by atoms with Gasteiger partial charge >= 0.3 is 0 Å². The maximum Gasteiger partial charge on any atom is 0.270 e. The summed E-state index contributed by atoms with van der Waals surface area (Å²) in [6.45, 7) is 11.8. The van der Waals surface area contributed by atoms with Crippen LogP contribution in [0, 0.1) is 6.92 Å². The predicted molar refractivity (Wildman–Crippen MR) is 160 cm³/mol. The molecule has 1 aliphatic heterocycles. The van der Waals surface area contributed by atoms with Crippen LogP contribution in [0.2, 0.25) is 25.7 Å². The molecule has 9 heteroatoms. The number of para-hydroxylation sites is 2. The van der Waals surface area contributed by atoms with Crippen molar-refractivity contribution in [3.63, 3.8) is 0 Å². The van der Waals surface area contributed by atoms with Crippen molar-refractivity contribution in [2.24, 2.45) is 0 Å². The number of ether oxygens (including phenoxy) is 3. The normalized spacial score (nSPS) is 14.1. The number of hydrogen-bond acceptors (Lipinski definition) is 5. The van der Waals surface area contributed by atoms with Crippen LogP contribution >= 0.6 is 0 Å². The van der Waals surface area contributed by atoms with Gasteiger partial charge in [0.2, 0.25) is 0 Å². The van der Waals surface area contributed by atoms with Gasteiger partial charge in [0.1, 0.15) is 23.9 Å². The molecule has 1 amide bonds. The summed E-state index contributed by atoms with van der Waals surface area (Å²) >= 11 is 0. The molecule has 0 spiro atoms. The highest BCUT2D eigenvalue weighted by Crippen LogP contribution is 2.39. The van der Waals surface area contributed by atoms with Gasteiger partial charge < -0.3 is 28.7 Å². The predicted octanol–water partition coefficient (Wildman–Crippen LogP) is 5.88. The second-order valence-corrected chi connectivity index (χ2v) is 16.9. The summed E-state index contributed by atoms with van der Waals surface area (Å²) in [6.07, 6.45) is 0. The third-order valence-electron chi connectivity index (χ3n) is 7.18. The summed E-state index contributed by atoms with van der Waals surface area (Å²) in [7, 11) is -1.28. The third kappa shape index (κ3) is 6.06. The lowest BCUT2D eigenvalue weighted by Crippen LogP contribution is -2.41. The average molecular weight is 560 g/mol. The van der Waals surface area contributed by atoms with Crippen LogP contribution in [0.4, 0.5) is 0 Å². The number of aryl methyl sites for hydroxylation is 1. The Kier molecular flexibility index (Phi) is 8.25. The Labute approximate surface area is 235 Å². The van der Waals surface area contributed by atoms with Crippen LogP contribution in [0.5, 0.6) is 11.5 Å². The van der Waals surface area contributed by atoms with Crippen molar-refractivity contribution in [1.82, 2.24) is 14.5 Å². The first-order valence-electron chi connectivity index (χ1n) is 13.8. The van der Waals surface area contributed by atoms with E-state index in [1.165, 1.54) is 0 Å². The molecule has 210 valence electrons. The summed E-state index contributed by atoms with van der Waals surface area (Å²) in [5.41, 5.74) is 2.34. The lowest BCUT2D eigenvalue weighted by atomic mass is 10.1. The number of aromatic amines is 1. The molecule has 1 aliphatic rings. The van der Waals surface area contributed by atoms with E-state index in [9.17, 15) is 9.59 Å². The molecule has 0 aliphatic carbocycles. The van der Waals surface area contributed by atoms with Gasteiger partial charge in [-0.15, -0.1) is 0 Å². The van der Waals surface area contributed by atoms with Crippen LogP contribution in [-0.4, -0.2) is 61.3 Å². The van der Waals surface area contributed by atoms with Gasteiger partial charge in [0, 0.05) is 44.4 Å². The van der Waals surface area contributed by atoms with Gasteiger partial charge in [-0.05, 0) is 43.3 Å². The number of morpholine rings is 1. The minimum Gasteiger partial charge on any atom is -0.457 e. The van der Waals surface area contributed by atoms with Gasteiger partial charge in [-0.1, -0.05) is 50.0 Å². The molecule has 2 aromatic heterocycles. The molecular weight excluding hydrogens is 522 g/mol. The fourth-order valence-corrected chi connectivity index (χ4v) is 5.72. The molecule has 0 bridgehead atoms. The fourth-order valence-electron chi connectivity index (χ4n) is 4.96. The molecule has 1 N–H and O–H groups in total. The minimum absolute atomic E-state index is 0.209. The zero-order chi connectivity index (χ0) is 28.3. The fraction of sp³-hybridized carbons (Fsp3) is 0.355. The Morgan fingerprint density at radius 1 is 1.02 bits per heavy atom. The SMILES string of the molecule is Cc1c2c(=O)[nH]c(C(=O)N3CCOCC3)cc2c(-c2ccccc2Oc2ccccc2)n1COCC[Si](C)(C)C. The van der Waals surface area contributed by atoms with Crippen LogP contribution in [0.25, 0.3) is 22.0 Å². The third-order valence-corrected chi connectivity index (χ3v) is 8.89. The largest absolute Gasteiger partial charge is 0.457 e. The molecule has 8 nitrogen and oxygen atoms in total. The maximum atomic E-state index is 13.5. The number of hydrogen-bond donors (Lipinski definition) is 1. The number of nitrogens with one attached hydrogen (secondary N) is 1. The first-order valence-corrected chi connectivity index (χ1v) is 17.5. The smallest absolute Gasteiger partial charge is 0.270 e. The number of fused-ring (bicyclic) bond motifs is 1. The van der Waals surface area contributed by atoms with Crippen molar-refractivity contribution >= 4 is 24.8 Å². The Morgan fingerprint density at radius 3 is 2.45 bits per heavy atom. The molecular formula is C31H37N3O5Si. The molecule has 1 fully saturated rings. The zero-order valence-corrected chi connectivity index (χ0v) is 24.7. The Bertz CT molecular complexity index is 1550. The molecule has 0 atom stereocenters. The van der Waals surface area contributed by atoms with Crippen molar-refractivity contribution in [3.8, 4) is 22.8 Å². The van der Waals surface area contributed by atoms with E-state index in [1.54, 1.807) is 11.0 Å². The van der Waals surface area contributed by atoms with Crippen molar-refractivity contribution in [3.05, 3.63) is 82.4 Å². The highest BCUT2D eigenvalue weighted by molar-refractivity contribution is 6.76. The topological polar surface area (TPSA) is 85.8 Å². The number of amides is 1. The van der Waals surface area contributed by atoms with E-state index in [2.05, 4.69) is 24.6 Å². The monoisotopic (exact) mass is 559 g/mol. The zero-order valence-electron chi connectivity index (χ0n) is 23.7. The lowest BCUT2D eigenvalue weighted by Gasteiger charge is -2.26. The summed E-state index contributed by atoms with van der Waals surface area (Å²) in [4.78, 5) is 31.5. The summed E-state index contributed by atoms with van der Waals surface area (Å²) in [5, 5.41) is 1.23. The average Bonchev–Trinajstić information content (AvgIpc) is 3.23. The van der Waals surface area contributed by atoms with Crippen LogP contribution in [0.15, 0.2) is 65.5 Å². The second kappa shape index (κ2) is 11.8. The number of benzene rings is 2. The molecule has 5 rings (SSSR count). The van der Waals surface area contributed by atoms with E-state index in [4.69, 9.17) is 14.2 Å². The Balaban J connectivity index is 1.64. The number of H-pyrrole nitrogens is 1. The number of rotatable bonds is 9. The van der Waals surface area contributed by atoms with Gasteiger partial charge in [0.25, 0.3) is 11.5 Å². The highest BCUT2D eigenvalue weighted by Gasteiger charge is 2.25. The number of pyridine rings is 1. The van der Waals surface area contributed by atoms with E-state index in [0.29, 0.717) is 55.2 Å². The van der Waals surface area contributed by atoms with Crippen molar-refractivity contribution in [2.75, 3.05) is 32.9 Å². The first-order chi connectivity index (χ1) is 19.2. The molecule has 0 radical (unpaired) electrons. The van der Waals surface area contributed by atoms with Crippen molar-refractivity contribution in [1.29, 1.82) is 0 Å². The lowest BCUT2D eigenvalue weighted by molar-refractivity contribution is 0.0299. The summed E-state index contributed by atoms with van der Waals surface area (Å²) < 4.78 is 20.0. The molecule has 4 aromatic rings. The van der Waals surface area contributed by atoms with Gasteiger partial charge in [0.05, 0.1) is 24.3 Å². The number of carbonyl (C=O) groups excluding carboxylic acids is 1. The Morgan fingerprint density at radius 2 is 1.73 bits per heavy atom. The number of nitrogens with zero attached hydrogens (tertiary/aromatic N) is 2. The maximum absolute atomic E-state index is 13.5. The van der Waals surface area contributed by atoms with Crippen LogP contribution in [-0.2, 0) is 16.2 Å². The molecule has 3 heterocycles. The van der Waals surface area contributed by atoms with E-state index in [0.717, 1.165) is 23.0 Å². The highest BCUT2D eigenvalue weighted by atomic mass is 28.3. The second-order valence-electron chi connectivity index (χ2n) is 11.3. The number of carbonyl (C=O) groups is 1. The molecule has 0 saturated carbocycles. The van der Waals surface area contributed by atoms with Crippen molar-refractivity contribution < 1.29 is 19.0 Å². The van der Waals surface area contributed by atoms with Crippen LogP contribution in [0.1, 0.15) is 16.2 Å².